The molecular formula is C30H52O2. The van der Waals surface area contributed by atoms with Crippen LogP contribution in [-0.2, 0) is 0 Å². The average molecular weight is 445 g/mol. The van der Waals surface area contributed by atoms with Gasteiger partial charge in [-0.15, -0.1) is 0 Å². The van der Waals surface area contributed by atoms with Crippen molar-refractivity contribution >= 4 is 0 Å². The highest BCUT2D eigenvalue weighted by Crippen LogP contribution is 2.55. The standard InChI is InChI=1S/2C15H26O/c2*1-11-6-5-8-15(4)9-7-12(10-13(11)15)14(2,3)16/h6,12-13,16H,5,7-10H2,1-4H3;12-13,16H,1,5-10H2,2-4H3. The van der Waals surface area contributed by atoms with E-state index in [1.807, 2.05) is 27.7 Å². The molecule has 0 radical (unpaired) electrons. The van der Waals surface area contributed by atoms with Gasteiger partial charge in [-0.1, -0.05) is 37.6 Å². The summed E-state index contributed by atoms with van der Waals surface area (Å²) in [5, 5.41) is 20.4. The van der Waals surface area contributed by atoms with Crippen molar-refractivity contribution in [2.45, 2.75) is 130 Å². The van der Waals surface area contributed by atoms with Gasteiger partial charge in [0, 0.05) is 0 Å². The van der Waals surface area contributed by atoms with E-state index in [1.54, 1.807) is 5.57 Å². The number of aliphatic hydroxyl groups is 2. The first-order valence-corrected chi connectivity index (χ1v) is 13.4. The Labute approximate surface area is 199 Å². The zero-order valence-electron chi connectivity index (χ0n) is 22.3. The van der Waals surface area contributed by atoms with Crippen LogP contribution in [-0.4, -0.2) is 21.4 Å². The van der Waals surface area contributed by atoms with Gasteiger partial charge < -0.3 is 10.2 Å². The molecule has 0 aromatic carbocycles. The van der Waals surface area contributed by atoms with Gasteiger partial charge in [-0.3, -0.25) is 0 Å². The van der Waals surface area contributed by atoms with Gasteiger partial charge in [0.05, 0.1) is 11.2 Å². The van der Waals surface area contributed by atoms with Crippen LogP contribution < -0.4 is 0 Å². The molecule has 3 saturated carbocycles. The largest absolute Gasteiger partial charge is 0.390 e. The van der Waals surface area contributed by atoms with E-state index in [0.29, 0.717) is 34.5 Å². The summed E-state index contributed by atoms with van der Waals surface area (Å²) in [4.78, 5) is 0. The molecule has 3 fully saturated rings. The Bertz CT molecular complexity index is 701. The second kappa shape index (κ2) is 9.21. The molecule has 0 spiro atoms. The van der Waals surface area contributed by atoms with Crippen molar-refractivity contribution in [1.82, 2.24) is 0 Å². The molecule has 32 heavy (non-hydrogen) atoms. The van der Waals surface area contributed by atoms with E-state index in [1.165, 1.54) is 69.8 Å². The summed E-state index contributed by atoms with van der Waals surface area (Å²) in [6, 6.07) is 0. The molecule has 6 atom stereocenters. The maximum Gasteiger partial charge on any atom is 0.0620 e. The molecule has 4 rings (SSSR count). The van der Waals surface area contributed by atoms with Gasteiger partial charge >= 0.3 is 0 Å². The maximum atomic E-state index is 10.2. The second-order valence-electron chi connectivity index (χ2n) is 13.7. The molecule has 0 aliphatic heterocycles. The monoisotopic (exact) mass is 444 g/mol. The Balaban J connectivity index is 0.000000181. The van der Waals surface area contributed by atoms with Crippen molar-refractivity contribution in [2.24, 2.45) is 34.5 Å². The van der Waals surface area contributed by atoms with Gasteiger partial charge in [-0.05, 0) is 140 Å². The number of rotatable bonds is 2. The molecule has 0 aromatic rings. The quantitative estimate of drug-likeness (QED) is 0.426. The van der Waals surface area contributed by atoms with E-state index >= 15 is 0 Å². The van der Waals surface area contributed by atoms with Crippen LogP contribution in [0.2, 0.25) is 0 Å². The lowest BCUT2D eigenvalue weighted by molar-refractivity contribution is -0.0406. The highest BCUT2D eigenvalue weighted by Gasteiger charge is 2.46. The van der Waals surface area contributed by atoms with Crippen molar-refractivity contribution in [3.63, 3.8) is 0 Å². The molecule has 4 aliphatic rings. The molecule has 0 bridgehead atoms. The van der Waals surface area contributed by atoms with Crippen molar-refractivity contribution < 1.29 is 10.2 Å². The smallest absolute Gasteiger partial charge is 0.0620 e. The van der Waals surface area contributed by atoms with E-state index in [2.05, 4.69) is 33.4 Å². The van der Waals surface area contributed by atoms with E-state index in [0.717, 1.165) is 6.42 Å². The van der Waals surface area contributed by atoms with Crippen molar-refractivity contribution in [2.75, 3.05) is 0 Å². The van der Waals surface area contributed by atoms with Gasteiger partial charge in [0.25, 0.3) is 0 Å². The molecule has 0 heterocycles. The lowest BCUT2D eigenvalue weighted by Gasteiger charge is -2.50. The highest BCUT2D eigenvalue weighted by molar-refractivity contribution is 5.15. The molecule has 184 valence electrons. The van der Waals surface area contributed by atoms with Gasteiger partial charge in [0.2, 0.25) is 0 Å². The Morgan fingerprint density at radius 2 is 1.34 bits per heavy atom. The Kier molecular flexibility index (Phi) is 7.49. The molecular weight excluding hydrogens is 392 g/mol. The summed E-state index contributed by atoms with van der Waals surface area (Å²) < 4.78 is 0. The minimum absolute atomic E-state index is 0.459. The van der Waals surface area contributed by atoms with Crippen molar-refractivity contribution in [1.29, 1.82) is 0 Å². The van der Waals surface area contributed by atoms with Crippen LogP contribution in [0.3, 0.4) is 0 Å². The molecule has 0 saturated heterocycles. The number of allylic oxidation sites excluding steroid dienone is 3. The van der Waals surface area contributed by atoms with Gasteiger partial charge in [-0.25, -0.2) is 0 Å². The van der Waals surface area contributed by atoms with Crippen LogP contribution in [0, 0.1) is 34.5 Å². The van der Waals surface area contributed by atoms with E-state index in [-0.39, 0.29) is 0 Å². The van der Waals surface area contributed by atoms with Gasteiger partial charge in [0.15, 0.2) is 0 Å². The lowest BCUT2D eigenvalue weighted by Crippen LogP contribution is -2.43. The molecule has 0 aromatic heterocycles. The van der Waals surface area contributed by atoms with Crippen LogP contribution in [0.5, 0.6) is 0 Å². The minimum Gasteiger partial charge on any atom is -0.390 e. The van der Waals surface area contributed by atoms with Gasteiger partial charge in [0.1, 0.15) is 0 Å². The van der Waals surface area contributed by atoms with Crippen LogP contribution in [0.1, 0.15) is 119 Å². The van der Waals surface area contributed by atoms with E-state index in [4.69, 9.17) is 0 Å². The van der Waals surface area contributed by atoms with Crippen molar-refractivity contribution in [3.05, 3.63) is 23.8 Å². The van der Waals surface area contributed by atoms with Crippen molar-refractivity contribution in [3.8, 4) is 0 Å². The first-order valence-electron chi connectivity index (χ1n) is 13.4. The highest BCUT2D eigenvalue weighted by atomic mass is 16.3. The van der Waals surface area contributed by atoms with Crippen LogP contribution >= 0.6 is 0 Å². The lowest BCUT2D eigenvalue weighted by atomic mass is 9.55. The normalized spacial score (nSPS) is 40.4. The van der Waals surface area contributed by atoms with E-state index < -0.39 is 11.2 Å². The fourth-order valence-electron chi connectivity index (χ4n) is 7.67. The third kappa shape index (κ3) is 5.54. The summed E-state index contributed by atoms with van der Waals surface area (Å²) in [5.74, 6) is 2.31. The Hall–Kier alpha value is -0.600. The third-order valence-electron chi connectivity index (χ3n) is 10.3. The second-order valence-corrected chi connectivity index (χ2v) is 13.7. The molecule has 0 amide bonds. The minimum atomic E-state index is -0.515. The topological polar surface area (TPSA) is 40.5 Å². The SMILES string of the molecule is C=C1CCCC2(C)CCC(C(C)(C)O)CC12.CC1=CCCC2(C)CCC(C(C)(C)O)CC12. The summed E-state index contributed by atoms with van der Waals surface area (Å²) in [5.41, 5.74) is 3.00. The summed E-state index contributed by atoms with van der Waals surface area (Å²) in [6.45, 7) is 19.3. The number of hydrogen-bond acceptors (Lipinski definition) is 2. The fraction of sp³-hybridized carbons (Fsp3) is 0.867. The van der Waals surface area contributed by atoms with Gasteiger partial charge in [-0.2, -0.15) is 0 Å². The zero-order valence-corrected chi connectivity index (χ0v) is 22.3. The fourth-order valence-corrected chi connectivity index (χ4v) is 7.67. The maximum absolute atomic E-state index is 10.2. The summed E-state index contributed by atoms with van der Waals surface area (Å²) in [7, 11) is 0. The molecule has 4 aliphatic carbocycles. The van der Waals surface area contributed by atoms with E-state index in [9.17, 15) is 10.2 Å². The van der Waals surface area contributed by atoms with Crippen LogP contribution in [0.4, 0.5) is 0 Å². The Morgan fingerprint density at radius 3 is 1.88 bits per heavy atom. The zero-order chi connectivity index (χ0) is 23.9. The third-order valence-corrected chi connectivity index (χ3v) is 10.3. The number of fused-ring (bicyclic) bond motifs is 2. The predicted octanol–water partition coefficient (Wildman–Crippen LogP) is 7.84. The summed E-state index contributed by atoms with van der Waals surface area (Å²) >= 11 is 0. The molecule has 6 unspecified atom stereocenters. The predicted molar refractivity (Wildman–Crippen MR) is 136 cm³/mol. The molecule has 2 nitrogen and oxygen atoms in total. The molecule has 2 N–H and O–H groups in total. The number of hydrogen-bond donors (Lipinski definition) is 2. The Morgan fingerprint density at radius 1 is 0.844 bits per heavy atom. The van der Waals surface area contributed by atoms with Crippen LogP contribution in [0.15, 0.2) is 23.8 Å². The first kappa shape index (κ1) is 26.0. The molecule has 2 heteroatoms. The average Bonchev–Trinajstić information content (AvgIpc) is 2.66. The summed E-state index contributed by atoms with van der Waals surface area (Å²) in [6.07, 6.45) is 16.2. The van der Waals surface area contributed by atoms with Crippen LogP contribution in [0.25, 0.3) is 0 Å². The first-order chi connectivity index (χ1) is 14.7.